The Kier molecular flexibility index (Phi) is 5.29. The van der Waals surface area contributed by atoms with Crippen molar-refractivity contribution in [2.45, 2.75) is 32.4 Å². The van der Waals surface area contributed by atoms with E-state index in [9.17, 15) is 0 Å². The summed E-state index contributed by atoms with van der Waals surface area (Å²) in [6.07, 6.45) is 0.980. The van der Waals surface area contributed by atoms with E-state index >= 15 is 0 Å². The Balaban J connectivity index is 2.84. The summed E-state index contributed by atoms with van der Waals surface area (Å²) >= 11 is 3.52. The quantitative estimate of drug-likeness (QED) is 0.892. The highest BCUT2D eigenvalue weighted by Crippen LogP contribution is 2.27. The molecule has 2 nitrogen and oxygen atoms in total. The number of hydrogen-bond donors (Lipinski definition) is 1. The summed E-state index contributed by atoms with van der Waals surface area (Å²) < 4.78 is 6.82. The number of halogens is 1. The lowest BCUT2D eigenvalue weighted by Gasteiger charge is -2.22. The molecule has 0 aliphatic carbocycles. The monoisotopic (exact) mass is 271 g/mol. The van der Waals surface area contributed by atoms with Crippen molar-refractivity contribution < 1.29 is 4.74 Å². The highest BCUT2D eigenvalue weighted by Gasteiger charge is 2.18. The molecule has 0 radical (unpaired) electrons. The molecule has 1 aromatic carbocycles. The Hall–Kier alpha value is -0.380. The van der Waals surface area contributed by atoms with Gasteiger partial charge in [0.1, 0.15) is 0 Å². The third kappa shape index (κ3) is 3.59. The Morgan fingerprint density at radius 3 is 2.60 bits per heavy atom. The largest absolute Gasteiger partial charge is 0.372 e. The first kappa shape index (κ1) is 12.7. The van der Waals surface area contributed by atoms with E-state index in [-0.39, 0.29) is 12.1 Å². The first-order valence-electron chi connectivity index (χ1n) is 5.28. The van der Waals surface area contributed by atoms with Gasteiger partial charge in [-0.3, -0.25) is 0 Å². The molecule has 84 valence electrons. The first-order valence-corrected chi connectivity index (χ1v) is 6.07. The van der Waals surface area contributed by atoms with E-state index in [1.165, 1.54) is 0 Å². The molecule has 15 heavy (non-hydrogen) atoms. The maximum absolute atomic E-state index is 5.93. The minimum Gasteiger partial charge on any atom is -0.372 e. The van der Waals surface area contributed by atoms with Gasteiger partial charge in [0.05, 0.1) is 6.10 Å². The van der Waals surface area contributed by atoms with Crippen LogP contribution in [-0.2, 0) is 4.74 Å². The topological polar surface area (TPSA) is 35.2 Å². The molecule has 1 aromatic rings. The Morgan fingerprint density at radius 2 is 2.07 bits per heavy atom. The van der Waals surface area contributed by atoms with Gasteiger partial charge in [0.15, 0.2) is 0 Å². The highest BCUT2D eigenvalue weighted by molar-refractivity contribution is 9.10. The van der Waals surface area contributed by atoms with Crippen molar-refractivity contribution >= 4 is 15.9 Å². The normalized spacial score (nSPS) is 14.9. The fourth-order valence-corrected chi connectivity index (χ4v) is 1.99. The van der Waals surface area contributed by atoms with Gasteiger partial charge in [-0.2, -0.15) is 0 Å². The second kappa shape index (κ2) is 6.26. The predicted molar refractivity (Wildman–Crippen MR) is 66.8 cm³/mol. The van der Waals surface area contributed by atoms with Crippen molar-refractivity contribution in [3.63, 3.8) is 0 Å². The van der Waals surface area contributed by atoms with Crippen molar-refractivity contribution in [3.8, 4) is 0 Å². The van der Waals surface area contributed by atoms with Crippen molar-refractivity contribution in [2.75, 3.05) is 6.61 Å². The van der Waals surface area contributed by atoms with Gasteiger partial charge in [0.2, 0.25) is 0 Å². The molecule has 0 aromatic heterocycles. The van der Waals surface area contributed by atoms with E-state index in [1.807, 2.05) is 31.2 Å². The maximum Gasteiger partial charge on any atom is 0.0983 e. The molecule has 0 amide bonds. The van der Waals surface area contributed by atoms with Gasteiger partial charge in [-0.1, -0.05) is 41.1 Å². The van der Waals surface area contributed by atoms with Gasteiger partial charge in [-0.05, 0) is 25.0 Å². The van der Waals surface area contributed by atoms with Crippen molar-refractivity contribution in [3.05, 3.63) is 34.3 Å². The molecule has 0 saturated heterocycles. The van der Waals surface area contributed by atoms with Crippen LogP contribution in [-0.4, -0.2) is 12.6 Å². The van der Waals surface area contributed by atoms with E-state index in [0.29, 0.717) is 0 Å². The molecule has 1 rings (SSSR count). The molecule has 0 aliphatic rings. The van der Waals surface area contributed by atoms with E-state index in [2.05, 4.69) is 22.9 Å². The third-order valence-corrected chi connectivity index (χ3v) is 2.91. The van der Waals surface area contributed by atoms with Crippen LogP contribution in [0.2, 0.25) is 0 Å². The molecule has 3 heteroatoms. The Labute approximate surface area is 99.9 Å². The molecule has 0 saturated carbocycles. The van der Waals surface area contributed by atoms with Crippen LogP contribution in [0.5, 0.6) is 0 Å². The lowest BCUT2D eigenvalue weighted by molar-refractivity contribution is 0.0383. The van der Waals surface area contributed by atoms with Gasteiger partial charge < -0.3 is 10.5 Å². The van der Waals surface area contributed by atoms with E-state index in [0.717, 1.165) is 23.1 Å². The summed E-state index contributed by atoms with van der Waals surface area (Å²) in [7, 11) is 0. The molecule has 0 bridgehead atoms. The number of rotatable bonds is 5. The molecular weight excluding hydrogens is 254 g/mol. The molecule has 2 unspecified atom stereocenters. The molecule has 2 atom stereocenters. The van der Waals surface area contributed by atoms with Crippen LogP contribution in [0.4, 0.5) is 0 Å². The summed E-state index contributed by atoms with van der Waals surface area (Å²) in [4.78, 5) is 0. The van der Waals surface area contributed by atoms with Crippen LogP contribution >= 0.6 is 15.9 Å². The Bertz CT molecular complexity index is 301. The van der Waals surface area contributed by atoms with Crippen LogP contribution in [0.25, 0.3) is 0 Å². The number of nitrogens with two attached hydrogens (primary N) is 1. The zero-order valence-electron chi connectivity index (χ0n) is 9.24. The maximum atomic E-state index is 5.93. The summed E-state index contributed by atoms with van der Waals surface area (Å²) in [5.41, 5.74) is 7.06. The fraction of sp³-hybridized carbons (Fsp3) is 0.500. The molecular formula is C12H18BrNO. The van der Waals surface area contributed by atoms with Crippen LogP contribution in [0, 0.1) is 0 Å². The Morgan fingerprint density at radius 1 is 1.40 bits per heavy atom. The van der Waals surface area contributed by atoms with Crippen LogP contribution < -0.4 is 5.73 Å². The van der Waals surface area contributed by atoms with Crippen LogP contribution in [0.3, 0.4) is 0 Å². The molecule has 0 aliphatic heterocycles. The average molecular weight is 272 g/mol. The second-order valence-corrected chi connectivity index (χ2v) is 4.53. The number of benzene rings is 1. The molecule has 0 heterocycles. The summed E-state index contributed by atoms with van der Waals surface area (Å²) in [6.45, 7) is 4.81. The zero-order chi connectivity index (χ0) is 11.3. The van der Waals surface area contributed by atoms with E-state index < -0.39 is 0 Å². The van der Waals surface area contributed by atoms with Crippen LogP contribution in [0.1, 0.15) is 31.9 Å². The van der Waals surface area contributed by atoms with Gasteiger partial charge >= 0.3 is 0 Å². The van der Waals surface area contributed by atoms with Gasteiger partial charge in [-0.25, -0.2) is 0 Å². The molecule has 0 fully saturated rings. The highest BCUT2D eigenvalue weighted by atomic mass is 79.9. The average Bonchev–Trinajstić information content (AvgIpc) is 2.20. The summed E-state index contributed by atoms with van der Waals surface area (Å²) in [6, 6.07) is 8.06. The third-order valence-electron chi connectivity index (χ3n) is 2.19. The second-order valence-electron chi connectivity index (χ2n) is 3.67. The van der Waals surface area contributed by atoms with E-state index in [1.54, 1.807) is 0 Å². The number of hydrogen-bond acceptors (Lipinski definition) is 2. The van der Waals surface area contributed by atoms with Gasteiger partial charge in [-0.15, -0.1) is 0 Å². The summed E-state index contributed by atoms with van der Waals surface area (Å²) in [5, 5.41) is 0. The fourth-order valence-electron chi connectivity index (χ4n) is 1.48. The molecule has 0 spiro atoms. The number of ether oxygens (including phenoxy) is 1. The zero-order valence-corrected chi connectivity index (χ0v) is 10.8. The van der Waals surface area contributed by atoms with Crippen molar-refractivity contribution in [1.29, 1.82) is 0 Å². The standard InChI is InChI=1S/C12H18BrNO/c1-3-8-15-12(9(2)14)10-6-4-5-7-11(10)13/h4-7,9,12H,3,8,14H2,1-2H3. The van der Waals surface area contributed by atoms with Gasteiger partial charge in [0, 0.05) is 17.1 Å². The van der Waals surface area contributed by atoms with E-state index in [4.69, 9.17) is 10.5 Å². The van der Waals surface area contributed by atoms with Crippen molar-refractivity contribution in [1.82, 2.24) is 0 Å². The first-order chi connectivity index (χ1) is 7.16. The SMILES string of the molecule is CCCOC(c1ccccc1Br)C(C)N. The lowest BCUT2D eigenvalue weighted by atomic mass is 10.0. The minimum absolute atomic E-state index is 0.00440. The minimum atomic E-state index is -0.0273. The lowest BCUT2D eigenvalue weighted by Crippen LogP contribution is -2.27. The van der Waals surface area contributed by atoms with Gasteiger partial charge in [0.25, 0.3) is 0 Å². The van der Waals surface area contributed by atoms with Crippen molar-refractivity contribution in [2.24, 2.45) is 5.73 Å². The van der Waals surface area contributed by atoms with Crippen LogP contribution in [0.15, 0.2) is 28.7 Å². The predicted octanol–water partition coefficient (Wildman–Crippen LogP) is 3.26. The molecule has 2 N–H and O–H groups in total. The summed E-state index contributed by atoms with van der Waals surface area (Å²) in [5.74, 6) is 0. The smallest absolute Gasteiger partial charge is 0.0983 e.